The highest BCUT2D eigenvalue weighted by Gasteiger charge is 2.21. The Hall–Kier alpha value is -1.80. The van der Waals surface area contributed by atoms with Crippen LogP contribution < -0.4 is 10.6 Å². The Morgan fingerprint density at radius 1 is 1.33 bits per heavy atom. The number of nitrogens with zero attached hydrogens (tertiary/aromatic N) is 3. The number of non-ortho nitro benzene ring substituents is 1. The summed E-state index contributed by atoms with van der Waals surface area (Å²) in [5.74, 6) is 1.84. The number of nitro benzene ring substituents is 1. The van der Waals surface area contributed by atoms with E-state index in [0.717, 1.165) is 49.8 Å². The van der Waals surface area contributed by atoms with E-state index in [1.54, 1.807) is 23.9 Å². The number of hydrogen-bond acceptors (Lipinski definition) is 5. The molecule has 0 atom stereocenters. The Balaban J connectivity index is 1.94. The summed E-state index contributed by atoms with van der Waals surface area (Å²) in [7, 11) is 0. The largest absolute Gasteiger partial charge is 0.356 e. The molecule has 1 aromatic carbocycles. The fraction of sp³-hybridized carbons (Fsp3) is 0.632. The van der Waals surface area contributed by atoms with Crippen LogP contribution in [0.3, 0.4) is 0 Å². The normalized spacial score (nSPS) is 16.5. The molecule has 0 unspecified atom stereocenters. The first-order valence-corrected chi connectivity index (χ1v) is 10.9. The Kier molecular flexibility index (Phi) is 8.87. The van der Waals surface area contributed by atoms with Crippen LogP contribution in [-0.4, -0.2) is 59.5 Å². The molecule has 7 nitrogen and oxygen atoms in total. The molecule has 2 rings (SSSR count). The van der Waals surface area contributed by atoms with Gasteiger partial charge in [-0.2, -0.15) is 11.8 Å². The molecule has 1 saturated heterocycles. The number of hydrogen-bond donors (Lipinski definition) is 2. The number of thioether (sulfide) groups is 1. The zero-order chi connectivity index (χ0) is 19.6. The molecule has 0 aromatic heterocycles. The third-order valence-electron chi connectivity index (χ3n) is 4.77. The van der Waals surface area contributed by atoms with E-state index >= 15 is 0 Å². The van der Waals surface area contributed by atoms with Crippen molar-refractivity contribution in [1.82, 2.24) is 15.5 Å². The van der Waals surface area contributed by atoms with Gasteiger partial charge >= 0.3 is 0 Å². The van der Waals surface area contributed by atoms with E-state index in [1.165, 1.54) is 12.1 Å². The van der Waals surface area contributed by atoms with Gasteiger partial charge in [0.1, 0.15) is 0 Å². The second-order valence-corrected chi connectivity index (χ2v) is 8.04. The van der Waals surface area contributed by atoms with Crippen molar-refractivity contribution >= 4 is 23.4 Å². The molecule has 0 spiro atoms. The van der Waals surface area contributed by atoms with E-state index in [4.69, 9.17) is 4.99 Å². The maximum absolute atomic E-state index is 10.8. The van der Waals surface area contributed by atoms with Crippen LogP contribution in [0.1, 0.15) is 32.3 Å². The van der Waals surface area contributed by atoms with Gasteiger partial charge in [0.25, 0.3) is 5.69 Å². The highest BCUT2D eigenvalue weighted by atomic mass is 32.2. The molecule has 1 aliphatic rings. The first kappa shape index (κ1) is 21.5. The molecule has 1 heterocycles. The first-order valence-electron chi connectivity index (χ1n) is 9.50. The van der Waals surface area contributed by atoms with Gasteiger partial charge in [0.05, 0.1) is 11.5 Å². The van der Waals surface area contributed by atoms with Crippen molar-refractivity contribution in [1.29, 1.82) is 0 Å². The summed E-state index contributed by atoms with van der Waals surface area (Å²) in [5.41, 5.74) is 1.07. The number of nitro groups is 1. The number of guanidine groups is 1. The lowest BCUT2D eigenvalue weighted by molar-refractivity contribution is -0.384. The fourth-order valence-corrected chi connectivity index (χ4v) is 3.38. The van der Waals surface area contributed by atoms with Gasteiger partial charge in [0.15, 0.2) is 5.96 Å². The highest BCUT2D eigenvalue weighted by molar-refractivity contribution is 7.98. The van der Waals surface area contributed by atoms with Gasteiger partial charge in [-0.3, -0.25) is 10.1 Å². The maximum Gasteiger partial charge on any atom is 0.269 e. The van der Waals surface area contributed by atoms with Crippen molar-refractivity contribution in [3.63, 3.8) is 0 Å². The summed E-state index contributed by atoms with van der Waals surface area (Å²) in [6.07, 6.45) is 4.31. The molecule has 1 aromatic rings. The quantitative estimate of drug-likeness (QED) is 0.232. The topological polar surface area (TPSA) is 82.8 Å². The van der Waals surface area contributed by atoms with E-state index in [2.05, 4.69) is 35.6 Å². The molecule has 1 fully saturated rings. The second kappa shape index (κ2) is 11.1. The lowest BCUT2D eigenvalue weighted by atomic mass is 10.0. The molecule has 0 amide bonds. The molecule has 2 N–H and O–H groups in total. The maximum atomic E-state index is 10.8. The van der Waals surface area contributed by atoms with Crippen LogP contribution in [0.15, 0.2) is 29.3 Å². The van der Waals surface area contributed by atoms with E-state index in [0.29, 0.717) is 18.6 Å². The van der Waals surface area contributed by atoms with Gasteiger partial charge in [0.2, 0.25) is 0 Å². The number of likely N-dealkylation sites (tertiary alicyclic amines) is 1. The minimum atomic E-state index is -0.381. The van der Waals surface area contributed by atoms with Gasteiger partial charge < -0.3 is 15.5 Å². The van der Waals surface area contributed by atoms with Crippen LogP contribution in [-0.2, 0) is 6.54 Å². The van der Waals surface area contributed by atoms with Crippen LogP contribution in [0, 0.1) is 10.1 Å². The van der Waals surface area contributed by atoms with Gasteiger partial charge in [-0.25, -0.2) is 4.99 Å². The summed E-state index contributed by atoms with van der Waals surface area (Å²) >= 11 is 1.80. The molecule has 0 bridgehead atoms. The minimum Gasteiger partial charge on any atom is -0.356 e. The monoisotopic (exact) mass is 393 g/mol. The van der Waals surface area contributed by atoms with Crippen molar-refractivity contribution in [3.8, 4) is 0 Å². The predicted molar refractivity (Wildman–Crippen MR) is 113 cm³/mol. The van der Waals surface area contributed by atoms with Gasteiger partial charge in [0, 0.05) is 49.6 Å². The summed E-state index contributed by atoms with van der Waals surface area (Å²) in [6.45, 7) is 8.06. The fourth-order valence-electron chi connectivity index (χ4n) is 3.07. The molecule has 0 saturated carbocycles. The first-order chi connectivity index (χ1) is 13.0. The van der Waals surface area contributed by atoms with Crippen molar-refractivity contribution in [2.24, 2.45) is 4.99 Å². The second-order valence-electron chi connectivity index (χ2n) is 7.06. The molecular formula is C19H31N5O2S. The van der Waals surface area contributed by atoms with Gasteiger partial charge in [-0.1, -0.05) is 12.1 Å². The number of benzene rings is 1. The molecule has 27 heavy (non-hydrogen) atoms. The Labute approximate surface area is 166 Å². The molecule has 150 valence electrons. The lowest BCUT2D eigenvalue weighted by Gasteiger charge is -2.35. The van der Waals surface area contributed by atoms with Gasteiger partial charge in [-0.15, -0.1) is 0 Å². The molecule has 0 radical (unpaired) electrons. The van der Waals surface area contributed by atoms with Crippen LogP contribution in [0.2, 0.25) is 0 Å². The van der Waals surface area contributed by atoms with Crippen molar-refractivity contribution in [2.75, 3.05) is 31.6 Å². The standard InChI is InChI=1S/C19H31N5O2S/c1-15(2)23-11-8-17(9-12-23)22-19(20-10-13-27-3)21-14-16-4-6-18(7-5-16)24(25)26/h4-7,15,17H,8-14H2,1-3H3,(H2,20,21,22). The number of rotatable bonds is 8. The molecule has 1 aliphatic heterocycles. The molecule has 8 heteroatoms. The van der Waals surface area contributed by atoms with Crippen molar-refractivity contribution in [2.45, 2.75) is 45.3 Å². The summed E-state index contributed by atoms with van der Waals surface area (Å²) in [5, 5.41) is 17.7. The van der Waals surface area contributed by atoms with Crippen LogP contribution >= 0.6 is 11.8 Å². The van der Waals surface area contributed by atoms with Crippen LogP contribution in [0.25, 0.3) is 0 Å². The summed E-state index contributed by atoms with van der Waals surface area (Å²) in [4.78, 5) is 17.6. The van der Waals surface area contributed by atoms with E-state index in [9.17, 15) is 10.1 Å². The Morgan fingerprint density at radius 3 is 2.56 bits per heavy atom. The average Bonchev–Trinajstić information content (AvgIpc) is 2.67. The molecular weight excluding hydrogens is 362 g/mol. The highest BCUT2D eigenvalue weighted by Crippen LogP contribution is 2.14. The number of aliphatic imine (C=N–C) groups is 1. The molecule has 0 aliphatic carbocycles. The Bertz CT molecular complexity index is 613. The van der Waals surface area contributed by atoms with E-state index < -0.39 is 0 Å². The minimum absolute atomic E-state index is 0.107. The lowest BCUT2D eigenvalue weighted by Crippen LogP contribution is -2.50. The smallest absolute Gasteiger partial charge is 0.269 e. The number of nitrogens with one attached hydrogen (secondary N) is 2. The predicted octanol–water partition coefficient (Wildman–Crippen LogP) is 2.87. The third-order valence-corrected chi connectivity index (χ3v) is 5.38. The van der Waals surface area contributed by atoms with Crippen molar-refractivity contribution < 1.29 is 4.92 Å². The van der Waals surface area contributed by atoms with Crippen LogP contribution in [0.4, 0.5) is 5.69 Å². The zero-order valence-electron chi connectivity index (χ0n) is 16.5. The van der Waals surface area contributed by atoms with Gasteiger partial charge in [-0.05, 0) is 38.5 Å². The van der Waals surface area contributed by atoms with Crippen molar-refractivity contribution in [3.05, 3.63) is 39.9 Å². The van der Waals surface area contributed by atoms with E-state index in [-0.39, 0.29) is 10.6 Å². The van der Waals surface area contributed by atoms with Crippen LogP contribution in [0.5, 0.6) is 0 Å². The summed E-state index contributed by atoms with van der Waals surface area (Å²) < 4.78 is 0. The average molecular weight is 394 g/mol. The third kappa shape index (κ3) is 7.38. The zero-order valence-corrected chi connectivity index (χ0v) is 17.3. The number of piperidine rings is 1. The SMILES string of the molecule is CSCCNC(=NCc1ccc([N+](=O)[O-])cc1)NC1CCN(C(C)C)CC1. The summed E-state index contributed by atoms with van der Waals surface area (Å²) in [6, 6.07) is 7.62. The Morgan fingerprint density at radius 2 is 2.00 bits per heavy atom. The van der Waals surface area contributed by atoms with E-state index in [1.807, 2.05) is 0 Å².